The number of nitrogens with two attached hydrogens (primary N) is 1. The first-order chi connectivity index (χ1) is 12.5. The second-order valence-corrected chi connectivity index (χ2v) is 7.05. The molecule has 0 aliphatic rings. The van der Waals surface area contributed by atoms with E-state index in [2.05, 4.69) is 10.6 Å². The molecule has 0 aliphatic carbocycles. The average molecular weight is 368 g/mol. The van der Waals surface area contributed by atoms with Gasteiger partial charge in [-0.25, -0.2) is 0 Å². The number of nitrogens with zero attached hydrogens (tertiary/aromatic N) is 1. The number of ketones is 1. The average Bonchev–Trinajstić information content (AvgIpc) is 3.23. The van der Waals surface area contributed by atoms with E-state index in [0.717, 1.165) is 17.9 Å². The van der Waals surface area contributed by atoms with Crippen molar-refractivity contribution in [1.29, 1.82) is 0 Å². The highest BCUT2D eigenvalue weighted by Crippen LogP contribution is 2.21. The van der Waals surface area contributed by atoms with Crippen molar-refractivity contribution in [2.75, 3.05) is 6.61 Å². The summed E-state index contributed by atoms with van der Waals surface area (Å²) in [4.78, 5) is 25.3. The van der Waals surface area contributed by atoms with Gasteiger partial charge in [0.2, 0.25) is 5.78 Å². The fraction of sp³-hybridized carbons (Fsp3) is 0.200. The third-order valence-electron chi connectivity index (χ3n) is 4.28. The van der Waals surface area contributed by atoms with Crippen LogP contribution in [-0.4, -0.2) is 22.9 Å². The minimum atomic E-state index is -0.581. The second kappa shape index (κ2) is 7.58. The molecule has 0 radical (unpaired) electrons. The summed E-state index contributed by atoms with van der Waals surface area (Å²) in [5.41, 5.74) is 8.17. The Kier molecular flexibility index (Phi) is 5.23. The van der Waals surface area contributed by atoms with E-state index in [1.807, 2.05) is 31.4 Å². The summed E-state index contributed by atoms with van der Waals surface area (Å²) in [7, 11) is 0. The number of para-hydroxylation sites is 1. The Labute approximate surface area is 156 Å². The van der Waals surface area contributed by atoms with Gasteiger partial charge in [0.25, 0.3) is 5.91 Å². The molecule has 0 unspecified atom stereocenters. The molecule has 26 heavy (non-hydrogen) atoms. The molecule has 5 nitrogen and oxygen atoms in total. The largest absolute Gasteiger partial charge is 0.485 e. The molecule has 2 aromatic heterocycles. The lowest BCUT2D eigenvalue weighted by atomic mass is 10.1. The van der Waals surface area contributed by atoms with E-state index in [0.29, 0.717) is 11.3 Å². The number of hydrogen-bond donors (Lipinski definition) is 1. The minimum absolute atomic E-state index is 0.130. The lowest BCUT2D eigenvalue weighted by Gasteiger charge is -2.10. The Morgan fingerprint density at radius 3 is 2.58 bits per heavy atom. The van der Waals surface area contributed by atoms with Crippen LogP contribution in [-0.2, 0) is 6.54 Å². The number of ether oxygens (including phenoxy) is 1. The van der Waals surface area contributed by atoms with Gasteiger partial charge < -0.3 is 15.0 Å². The first kappa shape index (κ1) is 17.9. The highest BCUT2D eigenvalue weighted by atomic mass is 32.1. The van der Waals surface area contributed by atoms with E-state index >= 15 is 0 Å². The number of Topliss-reactive ketones (excluding diaryl/α,β-unsaturated/α-hetero) is 1. The number of benzene rings is 1. The van der Waals surface area contributed by atoms with Crippen LogP contribution in [0.3, 0.4) is 0 Å². The van der Waals surface area contributed by atoms with Crippen molar-refractivity contribution in [3.05, 3.63) is 75.2 Å². The number of thiophene rings is 1. The quantitative estimate of drug-likeness (QED) is 0.648. The molecule has 0 atom stereocenters. The molecule has 0 saturated carbocycles. The summed E-state index contributed by atoms with van der Waals surface area (Å²) >= 11 is 1.69. The van der Waals surface area contributed by atoms with Gasteiger partial charge in [-0.1, -0.05) is 18.2 Å². The van der Waals surface area contributed by atoms with Crippen LogP contribution in [0.25, 0.3) is 0 Å². The second-order valence-electron chi connectivity index (χ2n) is 6.02. The van der Waals surface area contributed by atoms with Gasteiger partial charge in [-0.15, -0.1) is 11.3 Å². The van der Waals surface area contributed by atoms with Crippen molar-refractivity contribution in [2.45, 2.75) is 20.4 Å². The number of primary amides is 1. The van der Waals surface area contributed by atoms with Crippen molar-refractivity contribution in [1.82, 2.24) is 4.57 Å². The third-order valence-corrected chi connectivity index (χ3v) is 5.14. The molecule has 3 rings (SSSR count). The lowest BCUT2D eigenvalue weighted by molar-refractivity contribution is 0.0911. The Balaban J connectivity index is 1.76. The minimum Gasteiger partial charge on any atom is -0.485 e. The van der Waals surface area contributed by atoms with Gasteiger partial charge in [-0.2, -0.15) is 0 Å². The lowest BCUT2D eigenvalue weighted by Crippen LogP contribution is -2.17. The number of carbonyl (C=O) groups is 2. The number of rotatable bonds is 7. The maximum Gasteiger partial charge on any atom is 0.252 e. The molecule has 0 spiro atoms. The SMILES string of the molecule is Cc1cc(C(=O)COc2ccccc2C(N)=O)c(C)n1Cc1cccs1. The van der Waals surface area contributed by atoms with E-state index in [9.17, 15) is 9.59 Å². The zero-order valence-electron chi connectivity index (χ0n) is 14.7. The standard InChI is InChI=1S/C20H20N2O3S/c1-13-10-17(14(2)22(13)11-15-6-5-9-26-15)18(23)12-25-19-8-4-3-7-16(19)20(21)24/h3-10H,11-12H2,1-2H3,(H2,21,24). The van der Waals surface area contributed by atoms with E-state index < -0.39 is 5.91 Å². The molecular formula is C20H20N2O3S. The summed E-state index contributed by atoms with van der Waals surface area (Å²) in [5.74, 6) is -0.391. The van der Waals surface area contributed by atoms with E-state index in [4.69, 9.17) is 10.5 Å². The fourth-order valence-corrected chi connectivity index (χ4v) is 3.59. The van der Waals surface area contributed by atoms with Crippen LogP contribution in [0.2, 0.25) is 0 Å². The van der Waals surface area contributed by atoms with Crippen molar-refractivity contribution < 1.29 is 14.3 Å². The normalized spacial score (nSPS) is 10.7. The molecule has 0 saturated heterocycles. The molecule has 0 fully saturated rings. The van der Waals surface area contributed by atoms with Crippen LogP contribution in [0.1, 0.15) is 37.0 Å². The molecule has 6 heteroatoms. The summed E-state index contributed by atoms with van der Waals surface area (Å²) in [6, 6.07) is 12.6. The van der Waals surface area contributed by atoms with Gasteiger partial charge in [-0.3, -0.25) is 9.59 Å². The third kappa shape index (κ3) is 3.70. The van der Waals surface area contributed by atoms with Crippen LogP contribution in [0.15, 0.2) is 47.8 Å². The Morgan fingerprint density at radius 2 is 1.88 bits per heavy atom. The summed E-state index contributed by atoms with van der Waals surface area (Å²) in [6.45, 7) is 4.52. The first-order valence-electron chi connectivity index (χ1n) is 8.21. The molecule has 2 heterocycles. The molecule has 0 bridgehead atoms. The van der Waals surface area contributed by atoms with Gasteiger partial charge >= 0.3 is 0 Å². The molecule has 1 amide bonds. The molecule has 3 aromatic rings. The van der Waals surface area contributed by atoms with E-state index in [1.165, 1.54) is 4.88 Å². The van der Waals surface area contributed by atoms with E-state index in [-0.39, 0.29) is 18.0 Å². The predicted molar refractivity (Wildman–Crippen MR) is 102 cm³/mol. The molecular weight excluding hydrogens is 348 g/mol. The molecule has 0 aliphatic heterocycles. The highest BCUT2D eigenvalue weighted by Gasteiger charge is 2.17. The maximum atomic E-state index is 12.6. The highest BCUT2D eigenvalue weighted by molar-refractivity contribution is 7.09. The van der Waals surface area contributed by atoms with Crippen LogP contribution < -0.4 is 10.5 Å². The van der Waals surface area contributed by atoms with Gasteiger partial charge in [-0.05, 0) is 43.5 Å². The Morgan fingerprint density at radius 1 is 1.12 bits per heavy atom. The number of aromatic nitrogens is 1. The smallest absolute Gasteiger partial charge is 0.252 e. The van der Waals surface area contributed by atoms with Crippen LogP contribution in [0.4, 0.5) is 0 Å². The zero-order chi connectivity index (χ0) is 18.7. The summed E-state index contributed by atoms with van der Waals surface area (Å²) in [6.07, 6.45) is 0. The van der Waals surface area contributed by atoms with Crippen molar-refractivity contribution >= 4 is 23.0 Å². The van der Waals surface area contributed by atoms with Gasteiger partial charge in [0, 0.05) is 21.8 Å². The maximum absolute atomic E-state index is 12.6. The first-order valence-corrected chi connectivity index (χ1v) is 9.09. The van der Waals surface area contributed by atoms with Gasteiger partial charge in [0.1, 0.15) is 5.75 Å². The van der Waals surface area contributed by atoms with Gasteiger partial charge in [0.05, 0.1) is 12.1 Å². The molecule has 134 valence electrons. The monoisotopic (exact) mass is 368 g/mol. The summed E-state index contributed by atoms with van der Waals surface area (Å²) < 4.78 is 7.69. The fourth-order valence-electron chi connectivity index (χ4n) is 2.90. The van der Waals surface area contributed by atoms with Crippen LogP contribution in [0, 0.1) is 13.8 Å². The number of carbonyl (C=O) groups excluding carboxylic acids is 2. The van der Waals surface area contributed by atoms with Crippen LogP contribution in [0.5, 0.6) is 5.75 Å². The van der Waals surface area contributed by atoms with Gasteiger partial charge in [0.15, 0.2) is 6.61 Å². The van der Waals surface area contributed by atoms with Crippen LogP contribution >= 0.6 is 11.3 Å². The zero-order valence-corrected chi connectivity index (χ0v) is 15.5. The Bertz CT molecular complexity index is 942. The van der Waals surface area contributed by atoms with Crippen molar-refractivity contribution in [2.24, 2.45) is 5.73 Å². The topological polar surface area (TPSA) is 74.3 Å². The number of amides is 1. The number of aryl methyl sites for hydroxylation is 1. The van der Waals surface area contributed by atoms with Crippen molar-refractivity contribution in [3.63, 3.8) is 0 Å². The van der Waals surface area contributed by atoms with E-state index in [1.54, 1.807) is 35.6 Å². The number of hydrogen-bond acceptors (Lipinski definition) is 4. The summed E-state index contributed by atoms with van der Waals surface area (Å²) in [5, 5.41) is 2.04. The Hall–Kier alpha value is -2.86. The van der Waals surface area contributed by atoms with Crippen molar-refractivity contribution in [3.8, 4) is 5.75 Å². The molecule has 2 N–H and O–H groups in total. The predicted octanol–water partition coefficient (Wildman–Crippen LogP) is 3.58. The molecule has 1 aromatic carbocycles.